The number of carbonyl (C=O) groups excluding carboxylic acids is 2. The molecule has 326 valence electrons. The van der Waals surface area contributed by atoms with Gasteiger partial charge in [-0.2, -0.15) is 10.2 Å². The van der Waals surface area contributed by atoms with Gasteiger partial charge >= 0.3 is 289 Å². The number of ether oxygens (including phenoxy) is 2. The topological polar surface area (TPSA) is 151 Å². The van der Waals surface area contributed by atoms with Crippen LogP contribution in [0, 0.1) is 0 Å². The number of H-pyrrole nitrogens is 2. The van der Waals surface area contributed by atoms with E-state index in [9.17, 15) is 9.59 Å². The van der Waals surface area contributed by atoms with Crippen LogP contribution in [-0.4, -0.2) is 97.2 Å². The second-order valence-corrected chi connectivity index (χ2v) is 19.9. The number of methoxy groups -OCH3 is 2. The number of rotatable bonds is 10. The van der Waals surface area contributed by atoms with Crippen LogP contribution in [0.25, 0.3) is 55.6 Å². The standard InChI is InChI=1S/C48H52IN10O4/c1-27(2)41-35-19-31(7-9-37(35)54-43(41)33-21-39(62-5)45-50-25-52-58(45)23-33)29-11-15-56(16-12-29)47(60)49-48(61)57-17-13-30(14-18-57)32-8-10-38-36(20-32)42(28(3)4)44(55-38)34-22-40(63-6)46-51-26-53-59(46)24-34/h7-10,19-30,54-55H,11-18H2,1-6H3/q-1. The number of carbonyl (C=O) groups is 2. The molecule has 2 aromatic carbocycles. The van der Waals surface area contributed by atoms with Gasteiger partial charge in [0.2, 0.25) is 0 Å². The summed E-state index contributed by atoms with van der Waals surface area (Å²) < 4.78 is 14.9. The fourth-order valence-corrected chi connectivity index (χ4v) is 12.0. The molecule has 2 fully saturated rings. The fraction of sp³-hybridized carbons (Fsp3) is 0.375. The van der Waals surface area contributed by atoms with Crippen LogP contribution in [0.2, 0.25) is 0 Å². The number of amides is 2. The minimum absolute atomic E-state index is 0.0440. The summed E-state index contributed by atoms with van der Waals surface area (Å²) in [5.74, 6) is 2.58. The van der Waals surface area contributed by atoms with Crippen molar-refractivity contribution in [3.63, 3.8) is 0 Å². The van der Waals surface area contributed by atoms with Crippen molar-refractivity contribution in [2.75, 3.05) is 40.4 Å². The summed E-state index contributed by atoms with van der Waals surface area (Å²) in [6, 6.07) is 17.6. The molecule has 8 heterocycles. The third-order valence-electron chi connectivity index (χ3n) is 13.2. The quantitative estimate of drug-likeness (QED) is 0.0872. The molecule has 0 bridgehead atoms. The first-order valence-electron chi connectivity index (χ1n) is 21.9. The van der Waals surface area contributed by atoms with Gasteiger partial charge in [0.15, 0.2) is 22.8 Å². The Balaban J connectivity index is 0.771. The van der Waals surface area contributed by atoms with Gasteiger partial charge in [-0.3, -0.25) is 0 Å². The van der Waals surface area contributed by atoms with Crippen molar-refractivity contribution in [3.8, 4) is 34.0 Å². The number of aromatic nitrogens is 8. The van der Waals surface area contributed by atoms with E-state index in [1.165, 1.54) is 45.7 Å². The number of nitrogens with one attached hydrogen (secondary N) is 2. The fourth-order valence-electron chi connectivity index (χ4n) is 9.95. The molecule has 2 N–H and O–H groups in total. The van der Waals surface area contributed by atoms with E-state index >= 15 is 0 Å². The number of likely N-dealkylation sites (tertiary alicyclic amines) is 2. The van der Waals surface area contributed by atoms with Gasteiger partial charge in [0, 0.05) is 0 Å². The Labute approximate surface area is 375 Å². The average Bonchev–Trinajstić information content (AvgIpc) is 4.12. The van der Waals surface area contributed by atoms with Crippen molar-refractivity contribution in [1.29, 1.82) is 0 Å². The van der Waals surface area contributed by atoms with E-state index in [4.69, 9.17) is 9.47 Å². The summed E-state index contributed by atoms with van der Waals surface area (Å²) >= 11 is -1.30. The van der Waals surface area contributed by atoms with Gasteiger partial charge in [-0.05, 0) is 0 Å². The molecule has 2 aliphatic rings. The zero-order chi connectivity index (χ0) is 43.5. The van der Waals surface area contributed by atoms with Gasteiger partial charge < -0.3 is 9.47 Å². The smallest absolute Gasteiger partial charge is 0.217 e. The van der Waals surface area contributed by atoms with Crippen LogP contribution >= 0.6 is 0 Å². The maximum atomic E-state index is 13.6. The van der Waals surface area contributed by atoms with Gasteiger partial charge in [0.05, 0.1) is 14.2 Å². The Morgan fingerprint density at radius 2 is 1.05 bits per heavy atom. The number of aromatic amines is 2. The minimum atomic E-state index is -1.30. The van der Waals surface area contributed by atoms with Gasteiger partial charge in [0.25, 0.3) is 0 Å². The van der Waals surface area contributed by atoms with Crippen molar-refractivity contribution in [3.05, 3.63) is 95.8 Å². The molecule has 0 radical (unpaired) electrons. The molecule has 0 spiro atoms. The molecular weight excluding hydrogens is 907 g/mol. The third kappa shape index (κ3) is 7.46. The first kappa shape index (κ1) is 41.1. The van der Waals surface area contributed by atoms with Crippen LogP contribution in [0.4, 0.5) is 9.59 Å². The molecule has 0 unspecified atom stereocenters. The van der Waals surface area contributed by atoms with Gasteiger partial charge in [-0.1, -0.05) is 0 Å². The van der Waals surface area contributed by atoms with Crippen LogP contribution in [0.5, 0.6) is 11.5 Å². The van der Waals surface area contributed by atoms with E-state index in [0.717, 1.165) is 59.2 Å². The normalized spacial score (nSPS) is 15.6. The van der Waals surface area contributed by atoms with Crippen LogP contribution in [0.3, 0.4) is 0 Å². The van der Waals surface area contributed by atoms with Gasteiger partial charge in [0.1, 0.15) is 12.7 Å². The number of piperidine rings is 2. The van der Waals surface area contributed by atoms with E-state index in [0.29, 0.717) is 60.8 Å². The van der Waals surface area contributed by atoms with Crippen LogP contribution in [-0.2, 0) is 0 Å². The minimum Gasteiger partial charge on any atom is -0.217 e. The second kappa shape index (κ2) is 16.6. The monoisotopic (exact) mass is 959 g/mol. The Morgan fingerprint density at radius 3 is 1.43 bits per heavy atom. The van der Waals surface area contributed by atoms with Crippen molar-refractivity contribution in [2.45, 2.75) is 77.0 Å². The van der Waals surface area contributed by atoms with Crippen molar-refractivity contribution in [1.82, 2.24) is 49.0 Å². The van der Waals surface area contributed by atoms with Crippen LogP contribution in [0.15, 0.2) is 73.6 Å². The molecule has 0 atom stereocenters. The molecule has 2 aliphatic heterocycles. The molecule has 63 heavy (non-hydrogen) atoms. The molecule has 0 aliphatic carbocycles. The Kier molecular flexibility index (Phi) is 10.8. The predicted molar refractivity (Wildman–Crippen MR) is 240 cm³/mol. The van der Waals surface area contributed by atoms with E-state index in [1.807, 2.05) is 34.3 Å². The predicted octanol–water partition coefficient (Wildman–Crippen LogP) is 6.72. The summed E-state index contributed by atoms with van der Waals surface area (Å²) in [5.41, 5.74) is 12.7. The molecule has 0 saturated carbocycles. The molecule has 14 nitrogen and oxygen atoms in total. The molecular formula is C48H52IN10O4-. The number of nitrogens with zero attached hydrogens (tertiary/aromatic N) is 8. The summed E-state index contributed by atoms with van der Waals surface area (Å²) in [4.78, 5) is 47.2. The number of pyridine rings is 2. The van der Waals surface area contributed by atoms with Crippen LogP contribution in [0.1, 0.15) is 99.3 Å². The van der Waals surface area contributed by atoms with E-state index in [1.54, 1.807) is 23.3 Å². The Hall–Kier alpha value is -5.97. The van der Waals surface area contributed by atoms with Gasteiger partial charge in [-0.15, -0.1) is 0 Å². The third-order valence-corrected chi connectivity index (χ3v) is 15.5. The molecule has 6 aromatic heterocycles. The summed E-state index contributed by atoms with van der Waals surface area (Å²) in [5, 5.41) is 11.2. The molecule has 2 saturated heterocycles. The van der Waals surface area contributed by atoms with E-state index in [2.05, 4.69) is 94.2 Å². The number of benzene rings is 2. The average molecular weight is 960 g/mol. The first-order chi connectivity index (χ1) is 30.6. The molecule has 15 heteroatoms. The van der Waals surface area contributed by atoms with Crippen molar-refractivity contribution < 1.29 is 40.3 Å². The Morgan fingerprint density at radius 1 is 0.635 bits per heavy atom. The number of halogens is 1. The number of hydrogen-bond acceptors (Lipinski definition) is 8. The molecule has 8 aromatic rings. The Bertz CT molecular complexity index is 2820. The summed E-state index contributed by atoms with van der Waals surface area (Å²) in [7, 11) is 3.31. The van der Waals surface area contributed by atoms with Crippen molar-refractivity contribution >= 4 is 40.9 Å². The van der Waals surface area contributed by atoms with Crippen LogP contribution < -0.4 is 30.7 Å². The van der Waals surface area contributed by atoms with Crippen molar-refractivity contribution in [2.24, 2.45) is 0 Å². The SMILES string of the molecule is COc1cc(-c2[nH]c3ccc(C4CCN(C(=O)[I-]C(=O)N5CCC(c6ccc7[nH]c(-c8cc(OC)c9ncnn9c8)c(C(C)C)c7c6)CC5)CC4)cc3c2C(C)C)cn2ncnc12. The van der Waals surface area contributed by atoms with E-state index in [-0.39, 0.29) is 19.7 Å². The maximum absolute atomic E-state index is 13.6. The number of hydrogen-bond donors (Lipinski definition) is 2. The summed E-state index contributed by atoms with van der Waals surface area (Å²) in [6.45, 7) is 11.6. The second-order valence-electron chi connectivity index (χ2n) is 17.5. The first-order valence-corrected chi connectivity index (χ1v) is 24.0. The van der Waals surface area contributed by atoms with Gasteiger partial charge in [-0.25, -0.2) is 19.0 Å². The molecule has 10 rings (SSSR count). The number of fused-ring (bicyclic) bond motifs is 4. The zero-order valence-electron chi connectivity index (χ0n) is 36.5. The van der Waals surface area contributed by atoms with E-state index < -0.39 is 21.2 Å². The molecule has 2 amide bonds. The summed E-state index contributed by atoms with van der Waals surface area (Å²) in [6.07, 6.45) is 10.6. The zero-order valence-corrected chi connectivity index (χ0v) is 38.6.